The first kappa shape index (κ1) is 16.8. The molecule has 0 spiro atoms. The van der Waals surface area contributed by atoms with Gasteiger partial charge in [-0.15, -0.1) is 0 Å². The van der Waals surface area contributed by atoms with Gasteiger partial charge < -0.3 is 5.73 Å². The molecule has 0 aliphatic carbocycles. The number of hydrogen-bond acceptors (Lipinski definition) is 4. The number of pyridine rings is 1. The summed E-state index contributed by atoms with van der Waals surface area (Å²) in [7, 11) is 0. The number of nitriles is 2. The summed E-state index contributed by atoms with van der Waals surface area (Å²) >= 11 is 12.0. The average molecular weight is 365 g/mol. The third-order valence-electron chi connectivity index (χ3n) is 3.70. The Labute approximate surface area is 154 Å². The first-order valence-corrected chi connectivity index (χ1v) is 7.95. The van der Waals surface area contributed by atoms with E-state index in [1.807, 2.05) is 0 Å². The predicted octanol–water partition coefficient (Wildman–Crippen LogP) is 5.05. The number of halogens is 2. The maximum atomic E-state index is 9.44. The number of aromatic nitrogens is 1. The zero-order valence-electron chi connectivity index (χ0n) is 12.8. The Hall–Kier alpha value is -3.05. The smallest absolute Gasteiger partial charge is 0.142 e. The van der Waals surface area contributed by atoms with Crippen LogP contribution in [0.15, 0.2) is 48.5 Å². The second-order valence-corrected chi connectivity index (χ2v) is 6.06. The number of anilines is 1. The minimum Gasteiger partial charge on any atom is -0.383 e. The standard InChI is InChI=1S/C19H10Cl2N4/c20-16-6-5-13(7-17(16)21)18-8-14(15(10-23)19(24)25-18)12-3-1-11(9-22)2-4-12/h1-8H,(H2,24,25). The maximum Gasteiger partial charge on any atom is 0.142 e. The van der Waals surface area contributed by atoms with Crippen LogP contribution < -0.4 is 5.73 Å². The highest BCUT2D eigenvalue weighted by Gasteiger charge is 2.14. The van der Waals surface area contributed by atoms with Gasteiger partial charge in [-0.25, -0.2) is 4.98 Å². The van der Waals surface area contributed by atoms with Crippen LogP contribution >= 0.6 is 23.2 Å². The highest BCUT2D eigenvalue weighted by molar-refractivity contribution is 6.42. The lowest BCUT2D eigenvalue weighted by Gasteiger charge is -2.11. The van der Waals surface area contributed by atoms with Crippen LogP contribution in [-0.2, 0) is 0 Å². The summed E-state index contributed by atoms with van der Waals surface area (Å²) in [5.74, 6) is 0.130. The molecule has 3 aromatic rings. The van der Waals surface area contributed by atoms with Crippen molar-refractivity contribution in [3.05, 3.63) is 69.7 Å². The molecule has 120 valence electrons. The van der Waals surface area contributed by atoms with E-state index in [0.29, 0.717) is 26.9 Å². The van der Waals surface area contributed by atoms with Crippen molar-refractivity contribution in [3.8, 4) is 34.5 Å². The molecule has 0 atom stereocenters. The molecule has 0 radical (unpaired) electrons. The second kappa shape index (κ2) is 6.83. The van der Waals surface area contributed by atoms with E-state index in [1.165, 1.54) is 0 Å². The minimum absolute atomic E-state index is 0.130. The lowest BCUT2D eigenvalue weighted by Crippen LogP contribution is -1.99. The lowest BCUT2D eigenvalue weighted by molar-refractivity contribution is 1.31. The molecule has 0 amide bonds. The van der Waals surface area contributed by atoms with Gasteiger partial charge in [-0.2, -0.15) is 10.5 Å². The summed E-state index contributed by atoms with van der Waals surface area (Å²) in [6, 6.07) is 18.0. The van der Waals surface area contributed by atoms with Gasteiger partial charge in [0, 0.05) is 11.1 Å². The third-order valence-corrected chi connectivity index (χ3v) is 4.44. The third kappa shape index (κ3) is 3.27. The van der Waals surface area contributed by atoms with Crippen molar-refractivity contribution in [1.29, 1.82) is 10.5 Å². The van der Waals surface area contributed by atoms with E-state index in [0.717, 1.165) is 11.1 Å². The molecule has 2 N–H and O–H groups in total. The van der Waals surface area contributed by atoms with Crippen LogP contribution in [0.25, 0.3) is 22.4 Å². The number of nitrogens with two attached hydrogens (primary N) is 1. The SMILES string of the molecule is N#Cc1ccc(-c2cc(-c3ccc(Cl)c(Cl)c3)nc(N)c2C#N)cc1. The first-order chi connectivity index (χ1) is 12.0. The molecule has 0 saturated heterocycles. The Bertz CT molecular complexity index is 1040. The van der Waals surface area contributed by atoms with E-state index < -0.39 is 0 Å². The average Bonchev–Trinajstić information content (AvgIpc) is 2.63. The van der Waals surface area contributed by atoms with Crippen LogP contribution in [0.2, 0.25) is 10.0 Å². The maximum absolute atomic E-state index is 9.44. The van der Waals surface area contributed by atoms with Crippen molar-refractivity contribution < 1.29 is 0 Å². The van der Waals surface area contributed by atoms with Gasteiger partial charge in [-0.05, 0) is 35.9 Å². The number of nitrogens with zero attached hydrogens (tertiary/aromatic N) is 3. The van der Waals surface area contributed by atoms with Gasteiger partial charge in [0.15, 0.2) is 0 Å². The number of nitrogen functional groups attached to an aromatic ring is 1. The number of rotatable bonds is 2. The van der Waals surface area contributed by atoms with Crippen molar-refractivity contribution in [1.82, 2.24) is 4.98 Å². The Balaban J connectivity index is 2.20. The fourth-order valence-corrected chi connectivity index (χ4v) is 2.74. The molecule has 2 aromatic carbocycles. The highest BCUT2D eigenvalue weighted by atomic mass is 35.5. The summed E-state index contributed by atoms with van der Waals surface area (Å²) in [6.45, 7) is 0. The number of hydrogen-bond donors (Lipinski definition) is 1. The van der Waals surface area contributed by atoms with Crippen LogP contribution in [0.4, 0.5) is 5.82 Å². The molecule has 6 heteroatoms. The summed E-state index contributed by atoms with van der Waals surface area (Å²) in [4.78, 5) is 4.31. The molecule has 3 rings (SSSR count). The summed E-state index contributed by atoms with van der Waals surface area (Å²) in [5.41, 5.74) is 9.53. The van der Waals surface area contributed by atoms with Gasteiger partial charge in [0.05, 0.1) is 27.4 Å². The molecule has 1 aromatic heterocycles. The van der Waals surface area contributed by atoms with Gasteiger partial charge in [-0.1, -0.05) is 41.4 Å². The van der Waals surface area contributed by atoms with Crippen LogP contribution in [0.1, 0.15) is 11.1 Å². The lowest BCUT2D eigenvalue weighted by atomic mass is 9.98. The summed E-state index contributed by atoms with van der Waals surface area (Å²) in [5, 5.41) is 19.2. The van der Waals surface area contributed by atoms with E-state index in [9.17, 15) is 5.26 Å². The Kier molecular flexibility index (Phi) is 4.59. The van der Waals surface area contributed by atoms with Crippen LogP contribution in [0.5, 0.6) is 0 Å². The van der Waals surface area contributed by atoms with E-state index in [4.69, 9.17) is 34.2 Å². The van der Waals surface area contributed by atoms with Gasteiger partial charge in [0.25, 0.3) is 0 Å². The molecule has 0 unspecified atom stereocenters. The molecule has 0 aliphatic heterocycles. The molecule has 4 nitrogen and oxygen atoms in total. The van der Waals surface area contributed by atoms with Crippen LogP contribution in [-0.4, -0.2) is 4.98 Å². The Morgan fingerprint density at radius 1 is 0.840 bits per heavy atom. The second-order valence-electron chi connectivity index (χ2n) is 5.25. The van der Waals surface area contributed by atoms with Crippen molar-refractivity contribution >= 4 is 29.0 Å². The van der Waals surface area contributed by atoms with E-state index >= 15 is 0 Å². The van der Waals surface area contributed by atoms with Crippen LogP contribution in [0, 0.1) is 22.7 Å². The Morgan fingerprint density at radius 2 is 1.52 bits per heavy atom. The van der Waals surface area contributed by atoms with Gasteiger partial charge >= 0.3 is 0 Å². The quantitative estimate of drug-likeness (QED) is 0.689. The fraction of sp³-hybridized carbons (Fsp3) is 0. The fourth-order valence-electron chi connectivity index (χ4n) is 2.44. The topological polar surface area (TPSA) is 86.5 Å². The van der Waals surface area contributed by atoms with Gasteiger partial charge in [0.1, 0.15) is 17.5 Å². The first-order valence-electron chi connectivity index (χ1n) is 7.20. The molecule has 0 saturated carbocycles. The normalized spacial score (nSPS) is 10.1. The van der Waals surface area contributed by atoms with E-state index in [1.54, 1.807) is 48.5 Å². The zero-order valence-corrected chi connectivity index (χ0v) is 14.3. The summed E-state index contributed by atoms with van der Waals surface area (Å²) < 4.78 is 0. The van der Waals surface area contributed by atoms with Gasteiger partial charge in [-0.3, -0.25) is 0 Å². The van der Waals surface area contributed by atoms with Crippen LogP contribution in [0.3, 0.4) is 0 Å². The predicted molar refractivity (Wildman–Crippen MR) is 99.0 cm³/mol. The van der Waals surface area contributed by atoms with Crippen molar-refractivity contribution in [3.63, 3.8) is 0 Å². The molecule has 25 heavy (non-hydrogen) atoms. The molecular formula is C19H10Cl2N4. The van der Waals surface area contributed by atoms with E-state index in [-0.39, 0.29) is 11.4 Å². The number of benzene rings is 2. The molecule has 0 aliphatic rings. The van der Waals surface area contributed by atoms with Crippen molar-refractivity contribution in [2.45, 2.75) is 0 Å². The zero-order chi connectivity index (χ0) is 18.0. The monoisotopic (exact) mass is 364 g/mol. The highest BCUT2D eigenvalue weighted by Crippen LogP contribution is 2.33. The van der Waals surface area contributed by atoms with Gasteiger partial charge in [0.2, 0.25) is 0 Å². The Morgan fingerprint density at radius 3 is 2.12 bits per heavy atom. The summed E-state index contributed by atoms with van der Waals surface area (Å²) in [6.07, 6.45) is 0. The molecule has 0 bridgehead atoms. The molecule has 1 heterocycles. The van der Waals surface area contributed by atoms with E-state index in [2.05, 4.69) is 17.1 Å². The minimum atomic E-state index is 0.130. The van der Waals surface area contributed by atoms with Crippen molar-refractivity contribution in [2.75, 3.05) is 5.73 Å². The largest absolute Gasteiger partial charge is 0.383 e. The van der Waals surface area contributed by atoms with Crippen molar-refractivity contribution in [2.24, 2.45) is 0 Å². The molecule has 0 fully saturated rings. The molecular weight excluding hydrogens is 355 g/mol.